The van der Waals surface area contributed by atoms with Crippen LogP contribution in [-0.2, 0) is 13.2 Å². The van der Waals surface area contributed by atoms with Crippen LogP contribution >= 0.6 is 0 Å². The van der Waals surface area contributed by atoms with Gasteiger partial charge in [0.1, 0.15) is 12.4 Å². The van der Waals surface area contributed by atoms with Gasteiger partial charge in [-0.3, -0.25) is 0 Å². The summed E-state index contributed by atoms with van der Waals surface area (Å²) in [4.78, 5) is 0. The second-order valence-corrected chi connectivity index (χ2v) is 4.28. The summed E-state index contributed by atoms with van der Waals surface area (Å²) >= 11 is 0. The van der Waals surface area contributed by atoms with Crippen LogP contribution in [0.1, 0.15) is 11.1 Å². The van der Waals surface area contributed by atoms with E-state index in [1.54, 1.807) is 26.4 Å². The van der Waals surface area contributed by atoms with Gasteiger partial charge in [0.25, 0.3) is 0 Å². The molecule has 0 aliphatic carbocycles. The molecule has 106 valence electrons. The van der Waals surface area contributed by atoms with Gasteiger partial charge in [-0.2, -0.15) is 0 Å². The fraction of sp³-hybridized carbons (Fsp3) is 0.250. The topological polar surface area (TPSA) is 47.9 Å². The molecule has 2 aromatic rings. The molecule has 1 N–H and O–H groups in total. The maximum absolute atomic E-state index is 9.10. The van der Waals surface area contributed by atoms with Gasteiger partial charge in [0.15, 0.2) is 11.5 Å². The van der Waals surface area contributed by atoms with Crippen molar-refractivity contribution in [3.8, 4) is 17.2 Å². The smallest absolute Gasteiger partial charge is 0.161 e. The molecule has 4 nitrogen and oxygen atoms in total. The fourth-order valence-electron chi connectivity index (χ4n) is 1.81. The molecular formula is C16H18O4. The van der Waals surface area contributed by atoms with Gasteiger partial charge in [0.05, 0.1) is 20.8 Å². The van der Waals surface area contributed by atoms with E-state index in [4.69, 9.17) is 19.3 Å². The predicted octanol–water partition coefficient (Wildman–Crippen LogP) is 2.78. The highest BCUT2D eigenvalue weighted by Crippen LogP contribution is 2.29. The number of aliphatic hydroxyl groups is 1. The summed E-state index contributed by atoms with van der Waals surface area (Å²) in [6.07, 6.45) is 0. The van der Waals surface area contributed by atoms with Crippen molar-refractivity contribution in [2.75, 3.05) is 14.2 Å². The molecule has 4 heteroatoms. The van der Waals surface area contributed by atoms with E-state index < -0.39 is 0 Å². The monoisotopic (exact) mass is 274 g/mol. The number of benzene rings is 2. The number of hydrogen-bond acceptors (Lipinski definition) is 4. The predicted molar refractivity (Wildman–Crippen MR) is 76.2 cm³/mol. The zero-order valence-corrected chi connectivity index (χ0v) is 11.6. The minimum Gasteiger partial charge on any atom is -0.497 e. The van der Waals surface area contributed by atoms with Crippen molar-refractivity contribution < 1.29 is 19.3 Å². The lowest BCUT2D eigenvalue weighted by Crippen LogP contribution is -1.98. The Bertz CT molecular complexity index is 549. The Balaban J connectivity index is 2.05. The van der Waals surface area contributed by atoms with Crippen molar-refractivity contribution in [3.63, 3.8) is 0 Å². The number of methoxy groups -OCH3 is 2. The van der Waals surface area contributed by atoms with E-state index in [0.29, 0.717) is 18.1 Å². The Kier molecular flexibility index (Phi) is 4.85. The molecule has 0 saturated carbocycles. The van der Waals surface area contributed by atoms with Crippen molar-refractivity contribution >= 4 is 0 Å². The second kappa shape index (κ2) is 6.82. The first-order valence-electron chi connectivity index (χ1n) is 6.30. The van der Waals surface area contributed by atoms with E-state index in [0.717, 1.165) is 16.9 Å². The van der Waals surface area contributed by atoms with E-state index >= 15 is 0 Å². The van der Waals surface area contributed by atoms with Crippen LogP contribution in [0.2, 0.25) is 0 Å². The Morgan fingerprint density at radius 2 is 1.55 bits per heavy atom. The molecule has 0 saturated heterocycles. The average Bonchev–Trinajstić information content (AvgIpc) is 2.53. The maximum Gasteiger partial charge on any atom is 0.161 e. The number of hydrogen-bond donors (Lipinski definition) is 1. The molecule has 0 heterocycles. The van der Waals surface area contributed by atoms with E-state index in [9.17, 15) is 0 Å². The van der Waals surface area contributed by atoms with Gasteiger partial charge in [0, 0.05) is 0 Å². The first-order valence-corrected chi connectivity index (χ1v) is 6.30. The Morgan fingerprint density at radius 3 is 2.15 bits per heavy atom. The summed E-state index contributed by atoms with van der Waals surface area (Å²) in [5, 5.41) is 9.10. The van der Waals surface area contributed by atoms with Gasteiger partial charge in [0.2, 0.25) is 0 Å². The molecule has 0 bridgehead atoms. The van der Waals surface area contributed by atoms with Crippen LogP contribution < -0.4 is 14.2 Å². The minimum atomic E-state index is -0.0187. The lowest BCUT2D eigenvalue weighted by atomic mass is 10.2. The summed E-state index contributed by atoms with van der Waals surface area (Å²) in [7, 11) is 3.22. The molecule has 0 aromatic heterocycles. The third-order valence-electron chi connectivity index (χ3n) is 2.96. The molecule has 0 spiro atoms. The van der Waals surface area contributed by atoms with Crippen LogP contribution in [0.3, 0.4) is 0 Å². The molecule has 0 unspecified atom stereocenters. The van der Waals surface area contributed by atoms with Crippen LogP contribution in [0, 0.1) is 0 Å². The number of ether oxygens (including phenoxy) is 3. The number of rotatable bonds is 6. The van der Waals surface area contributed by atoms with Crippen molar-refractivity contribution in [1.82, 2.24) is 0 Å². The van der Waals surface area contributed by atoms with Crippen LogP contribution in [0.15, 0.2) is 42.5 Å². The summed E-state index contributed by atoms with van der Waals surface area (Å²) < 4.78 is 16.1. The van der Waals surface area contributed by atoms with Crippen LogP contribution in [0.5, 0.6) is 17.2 Å². The average molecular weight is 274 g/mol. The molecule has 0 atom stereocenters. The first kappa shape index (κ1) is 14.2. The van der Waals surface area contributed by atoms with E-state index in [-0.39, 0.29) is 6.61 Å². The molecule has 2 rings (SSSR count). The van der Waals surface area contributed by atoms with Gasteiger partial charge in [-0.15, -0.1) is 0 Å². The summed E-state index contributed by atoms with van der Waals surface area (Å²) in [5.74, 6) is 2.09. The van der Waals surface area contributed by atoms with Gasteiger partial charge in [-0.1, -0.05) is 18.2 Å². The van der Waals surface area contributed by atoms with Crippen molar-refractivity contribution in [2.24, 2.45) is 0 Å². The molecule has 2 aromatic carbocycles. The maximum atomic E-state index is 9.10. The third kappa shape index (κ3) is 3.42. The van der Waals surface area contributed by atoms with Gasteiger partial charge < -0.3 is 19.3 Å². The highest BCUT2D eigenvalue weighted by molar-refractivity contribution is 5.43. The molecule has 0 radical (unpaired) electrons. The fourth-order valence-corrected chi connectivity index (χ4v) is 1.81. The highest BCUT2D eigenvalue weighted by Gasteiger charge is 2.06. The highest BCUT2D eigenvalue weighted by atomic mass is 16.5. The van der Waals surface area contributed by atoms with Crippen LogP contribution in [0.25, 0.3) is 0 Å². The van der Waals surface area contributed by atoms with Crippen molar-refractivity contribution in [3.05, 3.63) is 53.6 Å². The normalized spacial score (nSPS) is 10.2. The quantitative estimate of drug-likeness (QED) is 0.880. The molecular weight excluding hydrogens is 256 g/mol. The summed E-state index contributed by atoms with van der Waals surface area (Å²) in [6.45, 7) is 0.425. The molecule has 20 heavy (non-hydrogen) atoms. The lowest BCUT2D eigenvalue weighted by Gasteiger charge is -2.12. The zero-order valence-electron chi connectivity index (χ0n) is 11.6. The standard InChI is InChI=1S/C16H18O4/c1-18-14-6-3-12(4-7-14)11-20-15-8-5-13(10-17)9-16(15)19-2/h3-9,17H,10-11H2,1-2H3. The van der Waals surface area contributed by atoms with Crippen LogP contribution in [-0.4, -0.2) is 19.3 Å². The number of aliphatic hydroxyl groups excluding tert-OH is 1. The second-order valence-electron chi connectivity index (χ2n) is 4.28. The van der Waals surface area contributed by atoms with Crippen molar-refractivity contribution in [2.45, 2.75) is 13.2 Å². The first-order chi connectivity index (χ1) is 9.76. The van der Waals surface area contributed by atoms with Crippen molar-refractivity contribution in [1.29, 1.82) is 0 Å². The Hall–Kier alpha value is -2.20. The molecule has 0 amide bonds. The van der Waals surface area contributed by atoms with E-state index in [1.165, 1.54) is 0 Å². The largest absolute Gasteiger partial charge is 0.497 e. The van der Waals surface area contributed by atoms with Crippen LogP contribution in [0.4, 0.5) is 0 Å². The summed E-state index contributed by atoms with van der Waals surface area (Å²) in [6, 6.07) is 13.1. The Labute approximate surface area is 118 Å². The molecule has 0 aliphatic rings. The lowest BCUT2D eigenvalue weighted by molar-refractivity contribution is 0.274. The molecule has 0 fully saturated rings. The van der Waals surface area contributed by atoms with E-state index in [1.807, 2.05) is 30.3 Å². The molecule has 0 aliphatic heterocycles. The zero-order chi connectivity index (χ0) is 14.4. The van der Waals surface area contributed by atoms with Gasteiger partial charge in [-0.25, -0.2) is 0 Å². The third-order valence-corrected chi connectivity index (χ3v) is 2.96. The minimum absolute atomic E-state index is 0.0187. The Morgan fingerprint density at radius 1 is 0.850 bits per heavy atom. The van der Waals surface area contributed by atoms with Gasteiger partial charge in [-0.05, 0) is 35.4 Å². The SMILES string of the molecule is COc1ccc(COc2ccc(CO)cc2OC)cc1. The van der Waals surface area contributed by atoms with E-state index in [2.05, 4.69) is 0 Å². The summed E-state index contributed by atoms with van der Waals surface area (Å²) in [5.41, 5.74) is 1.83. The van der Waals surface area contributed by atoms with Gasteiger partial charge >= 0.3 is 0 Å².